The average Bonchev–Trinajstić information content (AvgIpc) is 2.87. The lowest BCUT2D eigenvalue weighted by molar-refractivity contribution is -0.122. The predicted molar refractivity (Wildman–Crippen MR) is 141 cm³/mol. The molecule has 3 aromatic rings. The quantitative estimate of drug-likeness (QED) is 0.302. The van der Waals surface area contributed by atoms with E-state index >= 15 is 0 Å². The molecule has 1 fully saturated rings. The van der Waals surface area contributed by atoms with Crippen LogP contribution in [-0.4, -0.2) is 36.0 Å². The van der Waals surface area contributed by atoms with E-state index < -0.39 is 23.8 Å². The fourth-order valence-corrected chi connectivity index (χ4v) is 4.09. The van der Waals surface area contributed by atoms with Crippen LogP contribution in [0, 0.1) is 6.92 Å². The SMILES string of the molecule is COc1cc(/C=C2/C(=O)NC(=O)N(c3ccc(C)c(Cl)c3)C2=O)cc(Cl)c1OCc1ccc(C(=O)O)cc1. The lowest BCUT2D eigenvalue weighted by Crippen LogP contribution is -2.54. The van der Waals surface area contributed by atoms with Crippen LogP contribution in [0.4, 0.5) is 10.5 Å². The topological polar surface area (TPSA) is 122 Å². The molecule has 2 N–H and O–H groups in total. The highest BCUT2D eigenvalue weighted by atomic mass is 35.5. The minimum absolute atomic E-state index is 0.0769. The fourth-order valence-electron chi connectivity index (χ4n) is 3.64. The molecular formula is C27H20Cl2N2O7. The van der Waals surface area contributed by atoms with Gasteiger partial charge in [0, 0.05) is 5.02 Å². The number of urea groups is 1. The van der Waals surface area contributed by atoms with E-state index in [0.29, 0.717) is 16.1 Å². The van der Waals surface area contributed by atoms with Gasteiger partial charge in [-0.3, -0.25) is 14.9 Å². The molecule has 0 aromatic heterocycles. The first-order valence-electron chi connectivity index (χ1n) is 11.1. The third-order valence-corrected chi connectivity index (χ3v) is 6.35. The van der Waals surface area contributed by atoms with Gasteiger partial charge in [-0.25, -0.2) is 14.5 Å². The fraction of sp³-hybridized carbons (Fsp3) is 0.111. The number of hydrogen-bond donors (Lipinski definition) is 2. The summed E-state index contributed by atoms with van der Waals surface area (Å²) in [4.78, 5) is 50.1. The van der Waals surface area contributed by atoms with E-state index in [1.165, 1.54) is 43.5 Å². The number of carboxylic acids is 1. The summed E-state index contributed by atoms with van der Waals surface area (Å²) < 4.78 is 11.2. The van der Waals surface area contributed by atoms with Crippen molar-refractivity contribution in [3.8, 4) is 11.5 Å². The molecule has 11 heteroatoms. The van der Waals surface area contributed by atoms with E-state index in [-0.39, 0.29) is 40.0 Å². The normalized spacial score (nSPS) is 14.5. The zero-order valence-corrected chi connectivity index (χ0v) is 21.6. The number of aryl methyl sites for hydroxylation is 1. The van der Waals surface area contributed by atoms with Crippen molar-refractivity contribution in [1.29, 1.82) is 0 Å². The summed E-state index contributed by atoms with van der Waals surface area (Å²) >= 11 is 12.6. The van der Waals surface area contributed by atoms with Gasteiger partial charge in [0.2, 0.25) is 0 Å². The van der Waals surface area contributed by atoms with Gasteiger partial charge >= 0.3 is 12.0 Å². The van der Waals surface area contributed by atoms with Gasteiger partial charge in [0.1, 0.15) is 12.2 Å². The number of halogens is 2. The number of carbonyl (C=O) groups is 4. The Bertz CT molecular complexity index is 1500. The Labute approximate surface area is 227 Å². The molecule has 0 atom stereocenters. The van der Waals surface area contributed by atoms with Crippen molar-refractivity contribution in [3.63, 3.8) is 0 Å². The Morgan fingerprint density at radius 1 is 1.03 bits per heavy atom. The zero-order chi connectivity index (χ0) is 27.6. The molecule has 1 aliphatic rings. The first kappa shape index (κ1) is 26.7. The number of benzene rings is 3. The molecule has 4 amide bonds. The Kier molecular flexibility index (Phi) is 7.70. The van der Waals surface area contributed by atoms with Crippen LogP contribution >= 0.6 is 23.2 Å². The molecule has 38 heavy (non-hydrogen) atoms. The smallest absolute Gasteiger partial charge is 0.335 e. The van der Waals surface area contributed by atoms with Gasteiger partial charge in [-0.2, -0.15) is 0 Å². The van der Waals surface area contributed by atoms with Gasteiger partial charge in [0.25, 0.3) is 11.8 Å². The number of rotatable bonds is 7. The third-order valence-electron chi connectivity index (χ3n) is 5.66. The van der Waals surface area contributed by atoms with Gasteiger partial charge in [-0.1, -0.05) is 41.4 Å². The van der Waals surface area contributed by atoms with E-state index in [2.05, 4.69) is 5.32 Å². The molecule has 1 aliphatic heterocycles. The van der Waals surface area contributed by atoms with E-state index in [1.807, 2.05) is 0 Å². The standard InChI is InChI=1S/C27H20Cl2N2O7/c1-14-3-8-18(12-20(14)28)31-25(33)19(24(32)30-27(31)36)9-16-10-21(29)23(22(11-16)37-2)38-13-15-4-6-17(7-5-15)26(34)35/h3-12H,13H2,1-2H3,(H,34,35)(H,30,32,36)/b19-9-. The second-order valence-corrected chi connectivity index (χ2v) is 9.03. The summed E-state index contributed by atoms with van der Waals surface area (Å²) in [6, 6.07) is 12.9. The van der Waals surface area contributed by atoms with E-state index in [0.717, 1.165) is 10.5 Å². The number of nitrogens with zero attached hydrogens (tertiary/aromatic N) is 1. The van der Waals surface area contributed by atoms with Gasteiger partial charge in [0.05, 0.1) is 23.4 Å². The van der Waals surface area contributed by atoms with Crippen LogP contribution in [0.15, 0.2) is 60.2 Å². The monoisotopic (exact) mass is 554 g/mol. The highest BCUT2D eigenvalue weighted by molar-refractivity contribution is 6.39. The van der Waals surface area contributed by atoms with Crippen molar-refractivity contribution in [2.75, 3.05) is 12.0 Å². The average molecular weight is 555 g/mol. The molecule has 4 rings (SSSR count). The number of barbiturate groups is 1. The molecule has 1 heterocycles. The number of carbonyl (C=O) groups excluding carboxylic acids is 3. The molecule has 3 aromatic carbocycles. The predicted octanol–water partition coefficient (Wildman–Crippen LogP) is 5.25. The summed E-state index contributed by atoms with van der Waals surface area (Å²) in [6.45, 7) is 1.85. The number of ether oxygens (including phenoxy) is 2. The first-order valence-corrected chi connectivity index (χ1v) is 11.8. The molecule has 194 valence electrons. The van der Waals surface area contributed by atoms with Gasteiger partial charge < -0.3 is 14.6 Å². The number of anilines is 1. The van der Waals surface area contributed by atoms with Gasteiger partial charge in [-0.15, -0.1) is 0 Å². The maximum atomic E-state index is 13.2. The Hall–Kier alpha value is -4.34. The summed E-state index contributed by atoms with van der Waals surface area (Å²) in [6.07, 6.45) is 1.29. The third kappa shape index (κ3) is 5.49. The zero-order valence-electron chi connectivity index (χ0n) is 20.1. The highest BCUT2D eigenvalue weighted by Gasteiger charge is 2.37. The van der Waals surface area contributed by atoms with Crippen molar-refractivity contribution in [2.45, 2.75) is 13.5 Å². The number of carboxylic acid groups (broad SMARTS) is 1. The molecule has 0 bridgehead atoms. The van der Waals surface area contributed by atoms with Crippen molar-refractivity contribution in [2.24, 2.45) is 0 Å². The molecule has 0 saturated carbocycles. The van der Waals surface area contributed by atoms with Crippen LogP contribution in [-0.2, 0) is 16.2 Å². The number of imide groups is 2. The highest BCUT2D eigenvalue weighted by Crippen LogP contribution is 2.38. The number of aromatic carboxylic acids is 1. The maximum absolute atomic E-state index is 13.2. The number of hydrogen-bond acceptors (Lipinski definition) is 6. The second-order valence-electron chi connectivity index (χ2n) is 8.22. The van der Waals surface area contributed by atoms with Crippen LogP contribution in [0.1, 0.15) is 27.0 Å². The first-order chi connectivity index (χ1) is 18.1. The van der Waals surface area contributed by atoms with Gasteiger partial charge in [-0.05, 0) is 66.1 Å². The minimum atomic E-state index is -1.04. The Balaban J connectivity index is 1.61. The number of methoxy groups -OCH3 is 1. The summed E-state index contributed by atoms with van der Waals surface area (Å²) in [5.41, 5.74) is 1.86. The van der Waals surface area contributed by atoms with Crippen LogP contribution in [0.2, 0.25) is 10.0 Å². The Morgan fingerprint density at radius 3 is 2.37 bits per heavy atom. The van der Waals surface area contributed by atoms with E-state index in [1.54, 1.807) is 31.2 Å². The minimum Gasteiger partial charge on any atom is -0.493 e. The molecule has 0 radical (unpaired) electrons. The lowest BCUT2D eigenvalue weighted by atomic mass is 10.1. The lowest BCUT2D eigenvalue weighted by Gasteiger charge is -2.26. The van der Waals surface area contributed by atoms with Crippen LogP contribution in [0.3, 0.4) is 0 Å². The van der Waals surface area contributed by atoms with Crippen LogP contribution in [0.25, 0.3) is 6.08 Å². The number of nitrogens with one attached hydrogen (secondary N) is 1. The molecule has 0 unspecified atom stereocenters. The van der Waals surface area contributed by atoms with Crippen molar-refractivity contribution < 1.29 is 33.8 Å². The Morgan fingerprint density at radius 2 is 1.74 bits per heavy atom. The van der Waals surface area contributed by atoms with Crippen molar-refractivity contribution in [1.82, 2.24) is 5.32 Å². The van der Waals surface area contributed by atoms with Crippen LogP contribution in [0.5, 0.6) is 11.5 Å². The molecule has 0 spiro atoms. The molecule has 1 saturated heterocycles. The van der Waals surface area contributed by atoms with E-state index in [9.17, 15) is 19.2 Å². The van der Waals surface area contributed by atoms with Crippen molar-refractivity contribution >= 4 is 58.8 Å². The second kappa shape index (κ2) is 11.0. The van der Waals surface area contributed by atoms with Crippen molar-refractivity contribution in [3.05, 3.63) is 92.5 Å². The molecular weight excluding hydrogens is 535 g/mol. The summed E-state index contributed by atoms with van der Waals surface area (Å²) in [5, 5.41) is 11.7. The summed E-state index contributed by atoms with van der Waals surface area (Å²) in [7, 11) is 1.40. The van der Waals surface area contributed by atoms with E-state index in [4.69, 9.17) is 37.8 Å². The summed E-state index contributed by atoms with van der Waals surface area (Å²) in [5.74, 6) is -2.29. The number of amides is 4. The van der Waals surface area contributed by atoms with Gasteiger partial charge in [0.15, 0.2) is 11.5 Å². The molecule has 9 nitrogen and oxygen atoms in total. The molecule has 0 aliphatic carbocycles. The maximum Gasteiger partial charge on any atom is 0.335 e. The van der Waals surface area contributed by atoms with Crippen LogP contribution < -0.4 is 19.7 Å². The largest absolute Gasteiger partial charge is 0.493 e.